The average molecular weight is 421 g/mol. The lowest BCUT2D eigenvalue weighted by atomic mass is 9.87. The number of morpholine rings is 1. The summed E-state index contributed by atoms with van der Waals surface area (Å²) in [4.78, 5) is 14.2. The van der Waals surface area contributed by atoms with Crippen molar-refractivity contribution in [3.05, 3.63) is 16.5 Å². The predicted octanol–water partition coefficient (Wildman–Crippen LogP) is 1.43. The summed E-state index contributed by atoms with van der Waals surface area (Å²) in [7, 11) is -3.50. The number of carbonyl (C=O) groups excluding carboxylic acids is 1. The highest BCUT2D eigenvalue weighted by atomic mass is 35.5. The Kier molecular flexibility index (Phi) is 5.04. The van der Waals surface area contributed by atoms with E-state index >= 15 is 0 Å². The number of thiophene rings is 1. The molecule has 0 radical (unpaired) electrons. The van der Waals surface area contributed by atoms with Crippen molar-refractivity contribution in [2.75, 3.05) is 46.0 Å². The molecular formula is C16H21ClN2O5S2. The van der Waals surface area contributed by atoms with Gasteiger partial charge in [0.25, 0.3) is 10.0 Å². The van der Waals surface area contributed by atoms with Crippen LogP contribution in [-0.4, -0.2) is 75.1 Å². The molecule has 3 saturated heterocycles. The number of nitrogens with zero attached hydrogens (tertiary/aromatic N) is 2. The van der Waals surface area contributed by atoms with Gasteiger partial charge in [0.05, 0.1) is 29.8 Å². The monoisotopic (exact) mass is 420 g/mol. The molecule has 1 aromatic rings. The number of sulfonamides is 1. The average Bonchev–Trinajstić information content (AvgIpc) is 3.21. The lowest BCUT2D eigenvalue weighted by Gasteiger charge is -2.45. The molecule has 0 N–H and O–H groups in total. The number of halogens is 1. The van der Waals surface area contributed by atoms with Gasteiger partial charge in [-0.05, 0) is 24.5 Å². The Morgan fingerprint density at radius 3 is 2.69 bits per heavy atom. The maximum Gasteiger partial charge on any atom is 0.252 e. The first kappa shape index (κ1) is 18.6. The summed E-state index contributed by atoms with van der Waals surface area (Å²) in [5, 5.41) is 0. The van der Waals surface area contributed by atoms with Gasteiger partial charge in [0, 0.05) is 32.6 Å². The third-order valence-corrected chi connectivity index (χ3v) is 8.67. The van der Waals surface area contributed by atoms with Crippen LogP contribution in [-0.2, 0) is 24.3 Å². The SMILES string of the molecule is O=C(C[C@@H]1COC2(C1)CN(S(=O)(=O)c1ccc(Cl)s1)C2)N1CCOCC1. The summed E-state index contributed by atoms with van der Waals surface area (Å²) in [5.41, 5.74) is -0.440. The molecule has 0 bridgehead atoms. The van der Waals surface area contributed by atoms with E-state index in [0.29, 0.717) is 56.8 Å². The van der Waals surface area contributed by atoms with Crippen LogP contribution in [0.1, 0.15) is 12.8 Å². The molecular weight excluding hydrogens is 400 g/mol. The van der Waals surface area contributed by atoms with Crippen LogP contribution in [0.3, 0.4) is 0 Å². The maximum absolute atomic E-state index is 12.6. The van der Waals surface area contributed by atoms with E-state index in [-0.39, 0.29) is 16.0 Å². The van der Waals surface area contributed by atoms with E-state index < -0.39 is 15.6 Å². The summed E-state index contributed by atoms with van der Waals surface area (Å²) in [6.07, 6.45) is 1.18. The Hall–Kier alpha value is -0.710. The Balaban J connectivity index is 1.31. The second-order valence-electron chi connectivity index (χ2n) is 7.09. The first-order chi connectivity index (χ1) is 12.4. The Morgan fingerprint density at radius 2 is 2.04 bits per heavy atom. The van der Waals surface area contributed by atoms with E-state index in [0.717, 1.165) is 17.8 Å². The zero-order chi connectivity index (χ0) is 18.4. The molecule has 7 nitrogen and oxygen atoms in total. The molecule has 0 aliphatic carbocycles. The van der Waals surface area contributed by atoms with Crippen molar-refractivity contribution in [1.29, 1.82) is 0 Å². The minimum absolute atomic E-state index is 0.135. The molecule has 4 heterocycles. The van der Waals surface area contributed by atoms with Gasteiger partial charge in [0.2, 0.25) is 5.91 Å². The zero-order valence-electron chi connectivity index (χ0n) is 14.2. The third kappa shape index (κ3) is 3.53. The number of ether oxygens (including phenoxy) is 2. The van der Waals surface area contributed by atoms with Gasteiger partial charge in [-0.15, -0.1) is 11.3 Å². The summed E-state index contributed by atoms with van der Waals surface area (Å²) in [6, 6.07) is 3.13. The number of rotatable bonds is 4. The Bertz CT molecular complexity index is 784. The zero-order valence-corrected chi connectivity index (χ0v) is 16.6. The second kappa shape index (κ2) is 7.03. The van der Waals surface area contributed by atoms with Crippen LogP contribution >= 0.6 is 22.9 Å². The van der Waals surface area contributed by atoms with E-state index in [4.69, 9.17) is 21.1 Å². The van der Waals surface area contributed by atoms with Crippen molar-refractivity contribution in [3.8, 4) is 0 Å². The molecule has 3 aliphatic rings. The van der Waals surface area contributed by atoms with Crippen molar-refractivity contribution in [2.45, 2.75) is 22.7 Å². The molecule has 1 aromatic heterocycles. The first-order valence-corrected chi connectivity index (χ1v) is 11.3. The highest BCUT2D eigenvalue weighted by Crippen LogP contribution is 2.42. The minimum atomic E-state index is -3.50. The minimum Gasteiger partial charge on any atom is -0.378 e. The van der Waals surface area contributed by atoms with Gasteiger partial charge in [0.15, 0.2) is 0 Å². The quantitative estimate of drug-likeness (QED) is 0.736. The van der Waals surface area contributed by atoms with Crippen LogP contribution in [0.5, 0.6) is 0 Å². The smallest absolute Gasteiger partial charge is 0.252 e. The van der Waals surface area contributed by atoms with E-state index in [1.165, 1.54) is 10.4 Å². The Labute approximate surface area is 161 Å². The summed E-state index contributed by atoms with van der Waals surface area (Å²) in [6.45, 7) is 3.67. The lowest BCUT2D eigenvalue weighted by molar-refractivity contribution is -0.136. The van der Waals surface area contributed by atoms with Gasteiger partial charge in [0.1, 0.15) is 4.21 Å². The van der Waals surface area contributed by atoms with Crippen LogP contribution in [0.25, 0.3) is 0 Å². The fourth-order valence-corrected chi connectivity index (χ4v) is 7.03. The molecule has 144 valence electrons. The highest BCUT2D eigenvalue weighted by molar-refractivity contribution is 7.91. The van der Waals surface area contributed by atoms with Gasteiger partial charge in [-0.1, -0.05) is 11.6 Å². The molecule has 1 atom stereocenters. The predicted molar refractivity (Wildman–Crippen MR) is 96.9 cm³/mol. The summed E-state index contributed by atoms with van der Waals surface area (Å²) >= 11 is 6.91. The molecule has 3 fully saturated rings. The molecule has 1 spiro atoms. The topological polar surface area (TPSA) is 76.2 Å². The van der Waals surface area contributed by atoms with Crippen LogP contribution in [0.15, 0.2) is 16.3 Å². The second-order valence-corrected chi connectivity index (χ2v) is 11.0. The fourth-order valence-electron chi connectivity index (χ4n) is 3.81. The summed E-state index contributed by atoms with van der Waals surface area (Å²) in [5.74, 6) is 0.280. The summed E-state index contributed by atoms with van der Waals surface area (Å²) < 4.78 is 38.5. The Morgan fingerprint density at radius 1 is 1.31 bits per heavy atom. The number of carbonyl (C=O) groups is 1. The van der Waals surface area contributed by atoms with Crippen molar-refractivity contribution < 1.29 is 22.7 Å². The van der Waals surface area contributed by atoms with Gasteiger partial charge < -0.3 is 14.4 Å². The molecule has 0 saturated carbocycles. The van der Waals surface area contributed by atoms with Gasteiger partial charge in [-0.3, -0.25) is 4.79 Å². The molecule has 1 amide bonds. The number of amides is 1. The molecule has 3 aliphatic heterocycles. The third-order valence-electron chi connectivity index (χ3n) is 5.18. The van der Waals surface area contributed by atoms with Gasteiger partial charge in [-0.2, -0.15) is 4.31 Å². The van der Waals surface area contributed by atoms with Gasteiger partial charge in [-0.25, -0.2) is 8.42 Å². The first-order valence-electron chi connectivity index (χ1n) is 8.63. The lowest BCUT2D eigenvalue weighted by Crippen LogP contribution is -2.62. The molecule has 10 heteroatoms. The molecule has 4 rings (SSSR count). The van der Waals surface area contributed by atoms with Crippen molar-refractivity contribution >= 4 is 38.9 Å². The molecule has 0 unspecified atom stereocenters. The van der Waals surface area contributed by atoms with E-state index in [1.807, 2.05) is 4.90 Å². The number of hydrogen-bond donors (Lipinski definition) is 0. The van der Waals surface area contributed by atoms with Crippen molar-refractivity contribution in [3.63, 3.8) is 0 Å². The van der Waals surface area contributed by atoms with Crippen LogP contribution in [0, 0.1) is 5.92 Å². The fraction of sp³-hybridized carbons (Fsp3) is 0.688. The van der Waals surface area contributed by atoms with Crippen LogP contribution < -0.4 is 0 Å². The van der Waals surface area contributed by atoms with Crippen LogP contribution in [0.2, 0.25) is 4.34 Å². The van der Waals surface area contributed by atoms with Crippen molar-refractivity contribution in [1.82, 2.24) is 9.21 Å². The molecule has 26 heavy (non-hydrogen) atoms. The normalized spacial score (nSPS) is 26.2. The van der Waals surface area contributed by atoms with Crippen molar-refractivity contribution in [2.24, 2.45) is 5.92 Å². The van der Waals surface area contributed by atoms with E-state index in [1.54, 1.807) is 6.07 Å². The van der Waals surface area contributed by atoms with Gasteiger partial charge >= 0.3 is 0 Å². The number of hydrogen-bond acceptors (Lipinski definition) is 6. The van der Waals surface area contributed by atoms with Crippen LogP contribution in [0.4, 0.5) is 0 Å². The highest BCUT2D eigenvalue weighted by Gasteiger charge is 2.54. The largest absolute Gasteiger partial charge is 0.378 e. The van der Waals surface area contributed by atoms with E-state index in [2.05, 4.69) is 0 Å². The standard InChI is InChI=1S/C16H21ClN2O5S2/c17-13-1-2-15(25-13)26(21,22)19-10-16(11-19)8-12(9-24-16)7-14(20)18-3-5-23-6-4-18/h1-2,12H,3-11H2/t12-/m0/s1. The maximum atomic E-state index is 12.6. The molecule has 0 aromatic carbocycles. The van der Waals surface area contributed by atoms with E-state index in [9.17, 15) is 13.2 Å².